The van der Waals surface area contributed by atoms with Crippen molar-refractivity contribution in [3.8, 4) is 0 Å². The third-order valence-corrected chi connectivity index (χ3v) is 10.1. The number of rotatable bonds is 8. The summed E-state index contributed by atoms with van der Waals surface area (Å²) in [7, 11) is -12.1. The van der Waals surface area contributed by atoms with E-state index in [0.717, 1.165) is 15.6 Å². The number of allylic oxidation sites excluding steroid dienone is 5. The molecule has 10 nitrogen and oxygen atoms in total. The van der Waals surface area contributed by atoms with Crippen LogP contribution in [-0.4, -0.2) is 58.2 Å². The van der Waals surface area contributed by atoms with E-state index in [1.54, 1.807) is 31.2 Å². The monoisotopic (exact) mass is 657 g/mol. The van der Waals surface area contributed by atoms with E-state index in [4.69, 9.17) is 0 Å². The SMILES string of the molecule is CCCS(=O)(=O)[O-].O=C1/C(=C/C=C/C=C2/Sc3ccccc3N2CCCS(=O)(=O)[O-])S(=O)(=O)c2ccccc21.[Na+].[Na+]. The maximum absolute atomic E-state index is 12.6. The van der Waals surface area contributed by atoms with Gasteiger partial charge in [-0.3, -0.25) is 4.79 Å². The van der Waals surface area contributed by atoms with Gasteiger partial charge in [0.05, 0.1) is 35.8 Å². The molecule has 0 unspecified atom stereocenters. The minimum absolute atomic E-state index is 0. The zero-order chi connectivity index (χ0) is 28.8. The molecule has 210 valence electrons. The minimum Gasteiger partial charge on any atom is -0.748 e. The van der Waals surface area contributed by atoms with Gasteiger partial charge in [-0.1, -0.05) is 55.1 Å². The number of sulfone groups is 1. The van der Waals surface area contributed by atoms with E-state index in [1.165, 1.54) is 36.0 Å². The van der Waals surface area contributed by atoms with Crippen molar-refractivity contribution in [3.63, 3.8) is 0 Å². The van der Waals surface area contributed by atoms with E-state index in [2.05, 4.69) is 0 Å². The number of anilines is 1. The minimum atomic E-state index is -4.29. The summed E-state index contributed by atoms with van der Waals surface area (Å²) >= 11 is 1.48. The normalized spacial score (nSPS) is 17.4. The molecule has 0 saturated carbocycles. The van der Waals surface area contributed by atoms with Gasteiger partial charge < -0.3 is 14.0 Å². The van der Waals surface area contributed by atoms with E-state index in [9.17, 15) is 39.2 Å². The van der Waals surface area contributed by atoms with Crippen LogP contribution in [0.2, 0.25) is 0 Å². The summed E-state index contributed by atoms with van der Waals surface area (Å²) in [6, 6.07) is 13.7. The molecule has 16 heteroatoms. The Bertz CT molecular complexity index is 1670. The molecular formula is C25H25NNa2O9S4. The number of Topliss-reactive ketones (excluding diaryl/α,β-unsaturated/α-hetero) is 1. The van der Waals surface area contributed by atoms with Gasteiger partial charge in [0.1, 0.15) is 4.91 Å². The first-order valence-corrected chi connectivity index (χ1v) is 17.1. The van der Waals surface area contributed by atoms with Crippen LogP contribution in [0.25, 0.3) is 0 Å². The molecule has 0 spiro atoms. The number of nitrogens with zero attached hydrogens (tertiary/aromatic N) is 1. The first-order valence-electron chi connectivity index (χ1n) is 11.6. The fraction of sp³-hybridized carbons (Fsp3) is 0.240. The number of ketones is 1. The van der Waals surface area contributed by atoms with Gasteiger partial charge in [-0.25, -0.2) is 25.3 Å². The molecular weight excluding hydrogens is 633 g/mol. The van der Waals surface area contributed by atoms with E-state index >= 15 is 0 Å². The van der Waals surface area contributed by atoms with Crippen LogP contribution < -0.4 is 64.0 Å². The second kappa shape index (κ2) is 16.4. The van der Waals surface area contributed by atoms with Crippen LogP contribution in [-0.2, 0) is 30.1 Å². The summed E-state index contributed by atoms with van der Waals surface area (Å²) < 4.78 is 87.1. The van der Waals surface area contributed by atoms with Gasteiger partial charge >= 0.3 is 59.1 Å². The first kappa shape index (κ1) is 38.3. The largest absolute Gasteiger partial charge is 1.00 e. The van der Waals surface area contributed by atoms with Crippen LogP contribution in [0.3, 0.4) is 0 Å². The van der Waals surface area contributed by atoms with Crippen LogP contribution in [0.1, 0.15) is 30.1 Å². The van der Waals surface area contributed by atoms with Gasteiger partial charge in [-0.2, -0.15) is 0 Å². The molecule has 2 heterocycles. The number of hydrogen-bond acceptors (Lipinski definition) is 11. The Labute approximate surface area is 289 Å². The molecule has 0 aliphatic carbocycles. The Kier molecular flexibility index (Phi) is 15.3. The van der Waals surface area contributed by atoms with Crippen LogP contribution >= 0.6 is 11.8 Å². The topological polar surface area (TPSA) is 169 Å². The van der Waals surface area contributed by atoms with Crippen molar-refractivity contribution in [2.24, 2.45) is 0 Å². The molecule has 0 radical (unpaired) electrons. The molecule has 41 heavy (non-hydrogen) atoms. The van der Waals surface area contributed by atoms with Crippen molar-refractivity contribution in [1.82, 2.24) is 0 Å². The van der Waals surface area contributed by atoms with Crippen molar-refractivity contribution in [2.45, 2.75) is 29.6 Å². The molecule has 2 aliphatic rings. The second-order valence-electron chi connectivity index (χ2n) is 8.35. The first-order chi connectivity index (χ1) is 18.2. The third kappa shape index (κ3) is 10.7. The Balaban J connectivity index is 0.000000833. The predicted octanol–water partition coefficient (Wildman–Crippen LogP) is -2.56. The zero-order valence-electron chi connectivity index (χ0n) is 22.7. The summed E-state index contributed by atoms with van der Waals surface area (Å²) in [4.78, 5) is 15.1. The molecule has 4 rings (SSSR count). The van der Waals surface area contributed by atoms with Gasteiger partial charge in [-0.05, 0) is 49.3 Å². The maximum Gasteiger partial charge on any atom is 1.00 e. The van der Waals surface area contributed by atoms with Gasteiger partial charge in [0, 0.05) is 28.5 Å². The van der Waals surface area contributed by atoms with E-state index in [0.29, 0.717) is 13.0 Å². The fourth-order valence-electron chi connectivity index (χ4n) is 3.76. The van der Waals surface area contributed by atoms with Gasteiger partial charge in [-0.15, -0.1) is 0 Å². The number of fused-ring (bicyclic) bond motifs is 2. The standard InChI is InChI=1S/C22H19NO6S3.C3H8O3S.2Na/c24-22-16-8-1-4-11-19(16)32(28,29)20(22)12-5-6-13-21-23(14-7-15-31(25,26)27)17-9-2-3-10-18(17)30-21;1-2-3-7(4,5)6;;/h1-6,8-13H,7,14-15H2,(H,25,26,27);2-3H2,1H3,(H,4,5,6);;/q;;2*+1/p-2/b6-5+,20-12-,21-13+;;;. The van der Waals surface area contributed by atoms with Gasteiger partial charge in [0.25, 0.3) is 0 Å². The summed E-state index contributed by atoms with van der Waals surface area (Å²) in [5.74, 6) is -1.22. The van der Waals surface area contributed by atoms with Crippen LogP contribution in [0, 0.1) is 0 Å². The van der Waals surface area contributed by atoms with Crippen molar-refractivity contribution in [3.05, 3.63) is 88.3 Å². The summed E-state index contributed by atoms with van der Waals surface area (Å²) in [5, 5.41) is 0.799. The average molecular weight is 658 g/mol. The zero-order valence-corrected chi connectivity index (χ0v) is 30.0. The number of para-hydroxylation sites is 1. The number of carbonyl (C=O) groups is 1. The molecule has 0 amide bonds. The predicted molar refractivity (Wildman–Crippen MR) is 147 cm³/mol. The molecule has 0 N–H and O–H groups in total. The smallest absolute Gasteiger partial charge is 0.748 e. The summed E-state index contributed by atoms with van der Waals surface area (Å²) in [6.45, 7) is 1.99. The number of hydrogen-bond donors (Lipinski definition) is 0. The molecule has 0 aromatic heterocycles. The third-order valence-electron chi connectivity index (χ3n) is 5.40. The number of benzene rings is 2. The van der Waals surface area contributed by atoms with Crippen LogP contribution in [0.5, 0.6) is 0 Å². The fourth-order valence-corrected chi connectivity index (χ4v) is 7.41. The van der Waals surface area contributed by atoms with Crippen molar-refractivity contribution < 1.29 is 98.3 Å². The molecule has 0 saturated heterocycles. The van der Waals surface area contributed by atoms with E-state index < -0.39 is 41.6 Å². The molecule has 2 aromatic rings. The maximum atomic E-state index is 12.6. The summed E-state index contributed by atoms with van der Waals surface area (Å²) in [5.41, 5.74) is 1.08. The quantitative estimate of drug-likeness (QED) is 0.166. The molecule has 0 bridgehead atoms. The Morgan fingerprint density at radius 1 is 0.878 bits per heavy atom. The molecule has 0 fully saturated rings. The van der Waals surface area contributed by atoms with Crippen molar-refractivity contribution >= 4 is 53.3 Å². The number of carbonyl (C=O) groups excluding carboxylic acids is 1. The van der Waals surface area contributed by atoms with E-state index in [1.807, 2.05) is 29.2 Å². The van der Waals surface area contributed by atoms with Crippen molar-refractivity contribution in [2.75, 3.05) is 23.0 Å². The second-order valence-corrected chi connectivity index (χ2v) is 14.3. The summed E-state index contributed by atoms with van der Waals surface area (Å²) in [6.07, 6.45) is 6.75. The van der Waals surface area contributed by atoms with E-state index in [-0.39, 0.29) is 86.7 Å². The molecule has 2 aliphatic heterocycles. The Morgan fingerprint density at radius 2 is 1.46 bits per heavy atom. The van der Waals surface area contributed by atoms with Crippen LogP contribution in [0.4, 0.5) is 5.69 Å². The molecule has 0 atom stereocenters. The number of thioether (sulfide) groups is 1. The average Bonchev–Trinajstić information content (AvgIpc) is 3.28. The van der Waals surface area contributed by atoms with Gasteiger partial charge in [0.15, 0.2) is 0 Å². The Morgan fingerprint density at radius 3 is 2.05 bits per heavy atom. The van der Waals surface area contributed by atoms with Crippen LogP contribution in [0.15, 0.2) is 92.6 Å². The molecule has 2 aromatic carbocycles. The van der Waals surface area contributed by atoms with Gasteiger partial charge in [0.2, 0.25) is 15.6 Å². The van der Waals surface area contributed by atoms with Crippen molar-refractivity contribution in [1.29, 1.82) is 0 Å². The Hall–Kier alpha value is -0.750.